The van der Waals surface area contributed by atoms with Crippen molar-refractivity contribution in [1.29, 1.82) is 0 Å². The lowest BCUT2D eigenvalue weighted by molar-refractivity contribution is -0.250. The highest BCUT2D eigenvalue weighted by Gasteiger charge is 2.71. The highest BCUT2D eigenvalue weighted by atomic mass is 32.2. The van der Waals surface area contributed by atoms with E-state index in [1.54, 1.807) is 13.8 Å². The number of esters is 1. The molecule has 6 aliphatic rings. The molecule has 5 saturated carbocycles. The summed E-state index contributed by atoms with van der Waals surface area (Å²) >= 11 is 0. The Morgan fingerprint density at radius 3 is 2.20 bits per heavy atom. The Kier molecular flexibility index (Phi) is 9.45. The summed E-state index contributed by atoms with van der Waals surface area (Å²) in [4.78, 5) is 27.4. The largest absolute Gasteiger partial charge is 0.481 e. The van der Waals surface area contributed by atoms with Crippen LogP contribution in [-0.4, -0.2) is 69.3 Å². The summed E-state index contributed by atoms with van der Waals surface area (Å²) in [6, 6.07) is 0. The number of hydrogen-bond donors (Lipinski definition) is 1. The number of nitrogens with zero attached hydrogens (tertiary/aromatic N) is 1. The van der Waals surface area contributed by atoms with Gasteiger partial charge in [0.2, 0.25) is 0 Å². The Morgan fingerprint density at radius 2 is 1.57 bits per heavy atom. The van der Waals surface area contributed by atoms with Gasteiger partial charge in [-0.15, -0.1) is 0 Å². The van der Waals surface area contributed by atoms with Crippen LogP contribution in [0.15, 0.2) is 12.2 Å². The maximum absolute atomic E-state index is 13.1. The van der Waals surface area contributed by atoms with Crippen LogP contribution >= 0.6 is 0 Å². The van der Waals surface area contributed by atoms with E-state index < -0.39 is 20.9 Å². The van der Waals surface area contributed by atoms with E-state index in [0.29, 0.717) is 29.1 Å². The molecule has 1 N–H and O–H groups in total. The van der Waals surface area contributed by atoms with Crippen LogP contribution in [0.5, 0.6) is 0 Å². The van der Waals surface area contributed by atoms with Gasteiger partial charge in [-0.05, 0) is 165 Å². The van der Waals surface area contributed by atoms with Gasteiger partial charge in [-0.2, -0.15) is 0 Å². The predicted molar refractivity (Wildman–Crippen MR) is 201 cm³/mol. The third kappa shape index (κ3) is 5.99. The molecule has 0 aromatic carbocycles. The normalized spacial score (nSPS) is 44.5. The van der Waals surface area contributed by atoms with Crippen LogP contribution in [0.2, 0.25) is 0 Å². The zero-order chi connectivity index (χ0) is 36.0. The first kappa shape index (κ1) is 37.4. The van der Waals surface area contributed by atoms with Gasteiger partial charge in [0.25, 0.3) is 0 Å². The lowest BCUT2D eigenvalue weighted by Crippen LogP contribution is -2.66. The van der Waals surface area contributed by atoms with Gasteiger partial charge < -0.3 is 14.7 Å². The summed E-state index contributed by atoms with van der Waals surface area (Å²) in [5.41, 5.74) is 1.24. The number of fused-ring (bicyclic) bond motifs is 7. The molecule has 0 aromatic rings. The third-order valence-corrected chi connectivity index (χ3v) is 19.0. The molecule has 0 radical (unpaired) electrons. The molecule has 278 valence electrons. The molecule has 1 heterocycles. The zero-order valence-corrected chi connectivity index (χ0v) is 33.2. The van der Waals surface area contributed by atoms with Crippen LogP contribution in [0, 0.1) is 62.1 Å². The van der Waals surface area contributed by atoms with Gasteiger partial charge in [0, 0.05) is 30.0 Å². The fourth-order valence-electron chi connectivity index (χ4n) is 13.9. The van der Waals surface area contributed by atoms with E-state index in [9.17, 15) is 18.9 Å². The fourth-order valence-corrected chi connectivity index (χ4v) is 15.3. The van der Waals surface area contributed by atoms with E-state index in [2.05, 4.69) is 58.9 Å². The summed E-state index contributed by atoms with van der Waals surface area (Å²) < 4.78 is 18.8. The number of hydrogen-bond acceptors (Lipinski definition) is 5. The number of rotatable bonds is 8. The fraction of sp³-hybridized carbons (Fsp3) is 0.881. The zero-order valence-electron chi connectivity index (χ0n) is 32.3. The second-order valence-electron chi connectivity index (χ2n) is 20.2. The number of aliphatic carboxylic acids is 1. The molecule has 10 atom stereocenters. The second-order valence-corrected chi connectivity index (χ2v) is 23.0. The van der Waals surface area contributed by atoms with Gasteiger partial charge in [-0.3, -0.25) is 13.8 Å². The molecule has 6 nitrogen and oxygen atoms in total. The summed E-state index contributed by atoms with van der Waals surface area (Å²) in [6.45, 7) is 25.8. The molecule has 0 unspecified atom stereocenters. The average molecular weight is 700 g/mol. The van der Waals surface area contributed by atoms with Crippen LogP contribution in [0.1, 0.15) is 132 Å². The van der Waals surface area contributed by atoms with Gasteiger partial charge in [0.05, 0.1) is 11.8 Å². The summed E-state index contributed by atoms with van der Waals surface area (Å²) in [7, 11) is -1.87. The minimum absolute atomic E-state index is 0.0961. The summed E-state index contributed by atoms with van der Waals surface area (Å²) in [6.07, 6.45) is 13.2. The molecule has 0 spiro atoms. The molecule has 1 aliphatic heterocycles. The van der Waals surface area contributed by atoms with Crippen molar-refractivity contribution in [2.45, 2.75) is 139 Å². The summed E-state index contributed by atoms with van der Waals surface area (Å²) in [5.74, 6) is 7.32. The number of carboxylic acid groups (broad SMARTS) is 1. The van der Waals surface area contributed by atoms with Crippen molar-refractivity contribution >= 4 is 27.3 Å². The van der Waals surface area contributed by atoms with Gasteiger partial charge in [-0.1, -0.05) is 46.8 Å². The lowest BCUT2D eigenvalue weighted by Gasteiger charge is -2.73. The van der Waals surface area contributed by atoms with Crippen LogP contribution < -0.4 is 0 Å². The Bertz CT molecular complexity index is 1440. The number of allylic oxidation sites excluding steroid dienone is 1. The minimum atomic E-state index is -1.87. The molecule has 6 rings (SSSR count). The number of ether oxygens (including phenoxy) is 1. The average Bonchev–Trinajstić information content (AvgIpc) is 3.38. The standard InChI is InChI=1S/C42H69NO5S/c1-28(2)29-13-18-42(21-22-43-23-25-49(10,47)26-24-43)20-19-40(8)30(35(29)42)11-12-32-39(7)16-15-33(48-34(44)27-37(3,4)36(45)46)38(5,6)31(39)14-17-41(32,40)9/h29-33,35H,1,10-27H2,2-9H3,(H,45,46)/t29-,30+,31-,32+,33-,35+,39-,40+,41+,42+/m0/s1. The quantitative estimate of drug-likeness (QED) is 0.156. The van der Waals surface area contributed by atoms with Crippen LogP contribution in [0.4, 0.5) is 0 Å². The lowest BCUT2D eigenvalue weighted by atomic mass is 9.32. The van der Waals surface area contributed by atoms with Crippen molar-refractivity contribution in [3.05, 3.63) is 12.2 Å². The van der Waals surface area contributed by atoms with Crippen molar-refractivity contribution in [1.82, 2.24) is 4.90 Å². The number of carbonyl (C=O) groups is 2. The monoisotopic (exact) mass is 699 g/mol. The van der Waals surface area contributed by atoms with Gasteiger partial charge >= 0.3 is 11.9 Å². The van der Waals surface area contributed by atoms with Crippen LogP contribution in [-0.2, 0) is 23.8 Å². The van der Waals surface area contributed by atoms with Crippen molar-refractivity contribution in [2.24, 2.45) is 62.1 Å². The number of carbonyl (C=O) groups excluding carboxylic acids is 1. The van der Waals surface area contributed by atoms with E-state index in [4.69, 9.17) is 4.74 Å². The third-order valence-electron chi connectivity index (χ3n) is 17.1. The molecule has 6 fully saturated rings. The van der Waals surface area contributed by atoms with Gasteiger partial charge in [0.1, 0.15) is 6.10 Å². The molecular formula is C42H69NO5S. The Hall–Kier alpha value is -1.34. The molecule has 0 amide bonds. The second kappa shape index (κ2) is 12.4. The van der Waals surface area contributed by atoms with E-state index in [-0.39, 0.29) is 40.2 Å². The van der Waals surface area contributed by atoms with E-state index in [0.717, 1.165) is 56.3 Å². The van der Waals surface area contributed by atoms with Gasteiger partial charge in [-0.25, -0.2) is 0 Å². The molecule has 1 saturated heterocycles. The first-order chi connectivity index (χ1) is 22.6. The first-order valence-electron chi connectivity index (χ1n) is 19.8. The van der Waals surface area contributed by atoms with E-state index in [1.807, 2.05) is 0 Å². The van der Waals surface area contributed by atoms with Crippen molar-refractivity contribution in [2.75, 3.05) is 31.1 Å². The minimum Gasteiger partial charge on any atom is -0.481 e. The molecule has 5 aliphatic carbocycles. The topological polar surface area (TPSA) is 83.9 Å². The SMILES string of the molecule is C=C(C)[C@@H]1CC[C@]2(CCN3CCS(=C)(=O)CC3)CC[C@]3(C)[C@H](CC[C@@H]4[C@@]5(C)CC[C@H](OC(=O)CC(C)(C)C(=O)O)C(C)(C)[C@@H]5CC[C@]43C)[C@@H]12. The van der Waals surface area contributed by atoms with Crippen molar-refractivity contribution in [3.8, 4) is 0 Å². The van der Waals surface area contributed by atoms with Crippen LogP contribution in [0.3, 0.4) is 0 Å². The smallest absolute Gasteiger partial charge is 0.309 e. The Labute approximate surface area is 299 Å². The van der Waals surface area contributed by atoms with Crippen LogP contribution in [0.25, 0.3) is 0 Å². The molecule has 7 heteroatoms. The van der Waals surface area contributed by atoms with Crippen molar-refractivity contribution < 1.29 is 23.6 Å². The number of carboxylic acids is 1. The predicted octanol–water partition coefficient (Wildman–Crippen LogP) is 8.48. The molecule has 0 aromatic heterocycles. The highest BCUT2D eigenvalue weighted by molar-refractivity contribution is 8.00. The van der Waals surface area contributed by atoms with E-state index >= 15 is 0 Å². The van der Waals surface area contributed by atoms with E-state index in [1.165, 1.54) is 56.9 Å². The molecule has 0 bridgehead atoms. The maximum Gasteiger partial charge on any atom is 0.309 e. The highest BCUT2D eigenvalue weighted by Crippen LogP contribution is 2.78. The Balaban J connectivity index is 1.23. The first-order valence-corrected chi connectivity index (χ1v) is 21.8. The van der Waals surface area contributed by atoms with Crippen molar-refractivity contribution in [3.63, 3.8) is 0 Å². The summed E-state index contributed by atoms with van der Waals surface area (Å²) in [5, 5.41) is 9.60. The molecule has 49 heavy (non-hydrogen) atoms. The maximum atomic E-state index is 13.1. The molecular weight excluding hydrogens is 631 g/mol. The van der Waals surface area contributed by atoms with Gasteiger partial charge in [0.15, 0.2) is 0 Å². The Morgan fingerprint density at radius 1 is 0.898 bits per heavy atom.